The summed E-state index contributed by atoms with van der Waals surface area (Å²) in [5.41, 5.74) is 0.711. The number of halogens is 2. The number of anilines is 1. The second-order valence-electron chi connectivity index (χ2n) is 5.18. The monoisotopic (exact) mass is 406 g/mol. The second kappa shape index (κ2) is 10.0. The summed E-state index contributed by atoms with van der Waals surface area (Å²) in [5.74, 6) is 1.38. The van der Waals surface area contributed by atoms with Crippen LogP contribution in [0.5, 0.6) is 11.5 Å². The van der Waals surface area contributed by atoms with Crippen LogP contribution in [0.25, 0.3) is 0 Å². The Balaban J connectivity index is 0.00000264. The van der Waals surface area contributed by atoms with Crippen LogP contribution in [-0.4, -0.2) is 32.2 Å². The van der Waals surface area contributed by atoms with Crippen molar-refractivity contribution in [3.63, 3.8) is 0 Å². The van der Waals surface area contributed by atoms with Crippen LogP contribution in [0.2, 0.25) is 0 Å². The van der Waals surface area contributed by atoms with Crippen molar-refractivity contribution in [2.75, 3.05) is 31.6 Å². The van der Waals surface area contributed by atoms with E-state index in [4.69, 9.17) is 9.47 Å². The summed E-state index contributed by atoms with van der Waals surface area (Å²) in [7, 11) is 0. The Hall–Kier alpha value is -0.980. The number of hydrogen-bond donors (Lipinski definition) is 2. The molecule has 2 N–H and O–H groups in total. The van der Waals surface area contributed by atoms with Gasteiger partial charge in [-0.1, -0.05) is 0 Å². The molecule has 1 heterocycles. The van der Waals surface area contributed by atoms with Gasteiger partial charge >= 0.3 is 0 Å². The summed E-state index contributed by atoms with van der Waals surface area (Å²) < 4.78 is 12.0. The van der Waals surface area contributed by atoms with Crippen molar-refractivity contribution in [3.05, 3.63) is 16.6 Å². The smallest absolute Gasteiger partial charge is 0.228 e. The van der Waals surface area contributed by atoms with Crippen molar-refractivity contribution >= 4 is 39.9 Å². The lowest BCUT2D eigenvalue weighted by Gasteiger charge is -2.22. The van der Waals surface area contributed by atoms with Gasteiger partial charge in [0, 0.05) is 23.2 Å². The summed E-state index contributed by atoms with van der Waals surface area (Å²) in [6.07, 6.45) is 1.96. The Labute approximate surface area is 152 Å². The molecule has 0 spiro atoms. The van der Waals surface area contributed by atoms with E-state index in [1.165, 1.54) is 0 Å². The van der Waals surface area contributed by atoms with Gasteiger partial charge < -0.3 is 20.1 Å². The first kappa shape index (κ1) is 20.1. The lowest BCUT2D eigenvalue weighted by Crippen LogP contribution is -2.37. The van der Waals surface area contributed by atoms with Gasteiger partial charge in [0.2, 0.25) is 5.91 Å². The number of benzene rings is 1. The van der Waals surface area contributed by atoms with Crippen molar-refractivity contribution in [3.8, 4) is 11.5 Å². The molecule has 1 atom stereocenters. The predicted octanol–water partition coefficient (Wildman–Crippen LogP) is 3.61. The van der Waals surface area contributed by atoms with Crippen molar-refractivity contribution in [1.82, 2.24) is 5.32 Å². The van der Waals surface area contributed by atoms with Gasteiger partial charge in [-0.2, -0.15) is 0 Å². The van der Waals surface area contributed by atoms with Crippen LogP contribution in [0.4, 0.5) is 5.69 Å². The van der Waals surface area contributed by atoms with Gasteiger partial charge in [0.1, 0.15) is 0 Å². The molecule has 0 aromatic heterocycles. The molecule has 0 bridgehead atoms. The summed E-state index contributed by atoms with van der Waals surface area (Å²) in [6, 6.07) is 3.65. The number of carbonyl (C=O) groups excluding carboxylic acids is 1. The Morgan fingerprint density at radius 3 is 2.52 bits per heavy atom. The Kier molecular flexibility index (Phi) is 8.73. The SMILES string of the molecule is CCOc1cc(Br)c(NC(=O)C2CCCNC2)cc1OCC.Cl. The molecule has 0 radical (unpaired) electrons. The van der Waals surface area contributed by atoms with E-state index in [2.05, 4.69) is 26.6 Å². The van der Waals surface area contributed by atoms with Crippen LogP contribution in [0.3, 0.4) is 0 Å². The number of nitrogens with one attached hydrogen (secondary N) is 2. The molecule has 1 aromatic carbocycles. The van der Waals surface area contributed by atoms with Crippen molar-refractivity contribution < 1.29 is 14.3 Å². The minimum atomic E-state index is 0. The standard InChI is InChI=1S/C16H23BrN2O3.ClH/c1-3-21-14-8-12(17)13(9-15(14)22-4-2)19-16(20)11-6-5-7-18-10-11;/h8-9,11,18H,3-7,10H2,1-2H3,(H,19,20);1H. The van der Waals surface area contributed by atoms with Crippen molar-refractivity contribution in [2.24, 2.45) is 5.92 Å². The second-order valence-corrected chi connectivity index (χ2v) is 6.03. The molecule has 1 aliphatic rings. The van der Waals surface area contributed by atoms with Crippen molar-refractivity contribution in [2.45, 2.75) is 26.7 Å². The van der Waals surface area contributed by atoms with Gasteiger partial charge in [0.25, 0.3) is 0 Å². The van der Waals surface area contributed by atoms with E-state index in [1.807, 2.05) is 26.0 Å². The van der Waals surface area contributed by atoms with E-state index in [0.29, 0.717) is 30.4 Å². The van der Waals surface area contributed by atoms with Gasteiger partial charge in [-0.25, -0.2) is 0 Å². The number of piperidine rings is 1. The molecule has 23 heavy (non-hydrogen) atoms. The topological polar surface area (TPSA) is 59.6 Å². The molecule has 5 nitrogen and oxygen atoms in total. The van der Waals surface area contributed by atoms with Crippen LogP contribution >= 0.6 is 28.3 Å². The number of amides is 1. The summed E-state index contributed by atoms with van der Waals surface area (Å²) in [5, 5.41) is 6.24. The summed E-state index contributed by atoms with van der Waals surface area (Å²) in [6.45, 7) is 6.68. The van der Waals surface area contributed by atoms with E-state index >= 15 is 0 Å². The molecule has 2 rings (SSSR count). The molecule has 1 fully saturated rings. The number of ether oxygens (including phenoxy) is 2. The predicted molar refractivity (Wildman–Crippen MR) is 98.0 cm³/mol. The first-order valence-electron chi connectivity index (χ1n) is 7.76. The van der Waals surface area contributed by atoms with Gasteiger partial charge in [-0.05, 0) is 49.2 Å². The maximum Gasteiger partial charge on any atom is 0.228 e. The first-order chi connectivity index (χ1) is 10.7. The lowest BCUT2D eigenvalue weighted by molar-refractivity contribution is -0.120. The summed E-state index contributed by atoms with van der Waals surface area (Å²) >= 11 is 3.49. The lowest BCUT2D eigenvalue weighted by atomic mass is 9.99. The van der Waals surface area contributed by atoms with Gasteiger partial charge in [-0.3, -0.25) is 4.79 Å². The van der Waals surface area contributed by atoms with E-state index < -0.39 is 0 Å². The average Bonchev–Trinajstić information content (AvgIpc) is 2.53. The normalized spacial score (nSPS) is 17.1. The molecule has 0 aliphatic carbocycles. The fourth-order valence-electron chi connectivity index (χ4n) is 2.48. The number of hydrogen-bond acceptors (Lipinski definition) is 4. The molecule has 1 aliphatic heterocycles. The van der Waals surface area contributed by atoms with Crippen LogP contribution in [0, 0.1) is 5.92 Å². The van der Waals surface area contributed by atoms with Crippen LogP contribution < -0.4 is 20.1 Å². The molecular weight excluding hydrogens is 384 g/mol. The Morgan fingerprint density at radius 2 is 1.96 bits per heavy atom. The van der Waals surface area contributed by atoms with Gasteiger partial charge in [0.05, 0.1) is 24.8 Å². The van der Waals surface area contributed by atoms with Crippen LogP contribution in [-0.2, 0) is 4.79 Å². The highest BCUT2D eigenvalue weighted by Crippen LogP contribution is 2.37. The fraction of sp³-hybridized carbons (Fsp3) is 0.562. The fourth-order valence-corrected chi connectivity index (χ4v) is 2.90. The zero-order valence-corrected chi connectivity index (χ0v) is 15.9. The molecular formula is C16H24BrClN2O3. The van der Waals surface area contributed by atoms with Crippen LogP contribution in [0.1, 0.15) is 26.7 Å². The quantitative estimate of drug-likeness (QED) is 0.756. The maximum absolute atomic E-state index is 12.4. The highest BCUT2D eigenvalue weighted by Gasteiger charge is 2.22. The first-order valence-corrected chi connectivity index (χ1v) is 8.55. The van der Waals surface area contributed by atoms with E-state index in [0.717, 1.165) is 30.4 Å². The Morgan fingerprint density at radius 1 is 1.30 bits per heavy atom. The Bertz CT molecular complexity index is 522. The highest BCUT2D eigenvalue weighted by atomic mass is 79.9. The zero-order valence-electron chi connectivity index (χ0n) is 13.5. The molecule has 1 amide bonds. The maximum atomic E-state index is 12.4. The number of carbonyl (C=O) groups is 1. The van der Waals surface area contributed by atoms with Gasteiger partial charge in [0.15, 0.2) is 11.5 Å². The largest absolute Gasteiger partial charge is 0.490 e. The highest BCUT2D eigenvalue weighted by molar-refractivity contribution is 9.10. The van der Waals surface area contributed by atoms with Crippen LogP contribution in [0.15, 0.2) is 16.6 Å². The van der Waals surface area contributed by atoms with E-state index in [9.17, 15) is 4.79 Å². The molecule has 1 saturated heterocycles. The third-order valence-electron chi connectivity index (χ3n) is 3.56. The minimum Gasteiger partial charge on any atom is -0.490 e. The summed E-state index contributed by atoms with van der Waals surface area (Å²) in [4.78, 5) is 12.4. The third-order valence-corrected chi connectivity index (χ3v) is 4.21. The average molecular weight is 408 g/mol. The molecule has 0 saturated carbocycles. The van der Waals surface area contributed by atoms with E-state index in [1.54, 1.807) is 0 Å². The molecule has 7 heteroatoms. The van der Waals surface area contributed by atoms with Crippen molar-refractivity contribution in [1.29, 1.82) is 0 Å². The molecule has 130 valence electrons. The minimum absolute atomic E-state index is 0. The van der Waals surface area contributed by atoms with Gasteiger partial charge in [-0.15, -0.1) is 12.4 Å². The molecule has 1 aromatic rings. The molecule has 1 unspecified atom stereocenters. The number of rotatable bonds is 6. The van der Waals surface area contributed by atoms with E-state index in [-0.39, 0.29) is 24.2 Å². The third kappa shape index (κ3) is 5.55. The zero-order chi connectivity index (χ0) is 15.9.